The first-order valence-corrected chi connectivity index (χ1v) is 7.92. The lowest BCUT2D eigenvalue weighted by molar-refractivity contribution is -0.137. The van der Waals surface area contributed by atoms with Gasteiger partial charge in [-0.2, -0.15) is 13.2 Å². The van der Waals surface area contributed by atoms with Gasteiger partial charge in [0.2, 0.25) is 5.91 Å². The highest BCUT2D eigenvalue weighted by atomic mass is 35.5. The fourth-order valence-corrected chi connectivity index (χ4v) is 2.95. The summed E-state index contributed by atoms with van der Waals surface area (Å²) in [7, 11) is 0. The molecule has 0 saturated heterocycles. The Morgan fingerprint density at radius 1 is 1.17 bits per heavy atom. The Labute approximate surface area is 141 Å². The van der Waals surface area contributed by atoms with E-state index in [1.807, 2.05) is 6.07 Å². The lowest BCUT2D eigenvalue weighted by Crippen LogP contribution is -2.22. The molecular weight excluding hydrogens is 347 g/mol. The van der Waals surface area contributed by atoms with E-state index in [1.165, 1.54) is 12.1 Å². The molecule has 0 fully saturated rings. The molecule has 2 nitrogen and oxygen atoms in total. The Morgan fingerprint density at radius 3 is 2.43 bits per heavy atom. The van der Waals surface area contributed by atoms with Gasteiger partial charge in [0.05, 0.1) is 15.8 Å². The first-order chi connectivity index (χ1) is 10.8. The highest BCUT2D eigenvalue weighted by Crippen LogP contribution is 2.37. The molecule has 0 aliphatic heterocycles. The first-order valence-electron chi connectivity index (χ1n) is 6.66. The number of alkyl halides is 3. The molecule has 2 aromatic carbocycles. The van der Waals surface area contributed by atoms with Gasteiger partial charge in [-0.1, -0.05) is 29.8 Å². The molecule has 2 aromatic rings. The van der Waals surface area contributed by atoms with Crippen LogP contribution in [-0.4, -0.2) is 11.2 Å². The van der Waals surface area contributed by atoms with Gasteiger partial charge in [0, 0.05) is 10.6 Å². The third-order valence-electron chi connectivity index (χ3n) is 2.97. The molecule has 0 unspecified atom stereocenters. The van der Waals surface area contributed by atoms with E-state index in [9.17, 15) is 18.0 Å². The Kier molecular flexibility index (Phi) is 5.59. The number of hydrogen-bond donors (Lipinski definition) is 1. The highest BCUT2D eigenvalue weighted by Gasteiger charge is 2.33. The van der Waals surface area contributed by atoms with Crippen LogP contribution in [0.5, 0.6) is 0 Å². The molecule has 122 valence electrons. The molecule has 0 spiro atoms. The zero-order valence-electron chi connectivity index (χ0n) is 12.0. The molecule has 1 amide bonds. The van der Waals surface area contributed by atoms with E-state index in [2.05, 4.69) is 5.32 Å². The van der Waals surface area contributed by atoms with Crippen molar-refractivity contribution in [2.45, 2.75) is 23.2 Å². The Morgan fingerprint density at radius 2 is 1.83 bits per heavy atom. The van der Waals surface area contributed by atoms with E-state index in [0.29, 0.717) is 10.6 Å². The van der Waals surface area contributed by atoms with E-state index in [0.717, 1.165) is 17.8 Å². The van der Waals surface area contributed by atoms with Crippen LogP contribution < -0.4 is 5.32 Å². The number of nitrogens with one attached hydrogen (secondary N) is 1. The molecule has 23 heavy (non-hydrogen) atoms. The predicted octanol–water partition coefficient (Wildman–Crippen LogP) is 5.48. The van der Waals surface area contributed by atoms with Crippen LogP contribution in [0.3, 0.4) is 0 Å². The van der Waals surface area contributed by atoms with Crippen LogP contribution in [0.2, 0.25) is 5.02 Å². The van der Waals surface area contributed by atoms with E-state index in [4.69, 9.17) is 11.6 Å². The number of halogens is 4. The third kappa shape index (κ3) is 4.91. The number of benzene rings is 2. The summed E-state index contributed by atoms with van der Waals surface area (Å²) in [6.07, 6.45) is -4.52. The lowest BCUT2D eigenvalue weighted by atomic mass is 10.2. The number of hydrogen-bond acceptors (Lipinski definition) is 2. The van der Waals surface area contributed by atoms with Gasteiger partial charge < -0.3 is 5.32 Å². The number of carbonyl (C=O) groups excluding carboxylic acids is 1. The van der Waals surface area contributed by atoms with Gasteiger partial charge in [0.15, 0.2) is 0 Å². The molecule has 0 bridgehead atoms. The van der Waals surface area contributed by atoms with Crippen molar-refractivity contribution in [3.05, 3.63) is 59.1 Å². The van der Waals surface area contributed by atoms with Gasteiger partial charge in [-0.25, -0.2) is 0 Å². The van der Waals surface area contributed by atoms with Crippen LogP contribution in [0.4, 0.5) is 18.9 Å². The molecule has 1 atom stereocenters. The lowest BCUT2D eigenvalue weighted by Gasteiger charge is -2.14. The monoisotopic (exact) mass is 359 g/mol. The van der Waals surface area contributed by atoms with Gasteiger partial charge in [-0.05, 0) is 37.3 Å². The zero-order valence-corrected chi connectivity index (χ0v) is 13.6. The Bertz CT molecular complexity index is 691. The predicted molar refractivity (Wildman–Crippen MR) is 86.8 cm³/mol. The van der Waals surface area contributed by atoms with Crippen molar-refractivity contribution in [1.29, 1.82) is 0 Å². The summed E-state index contributed by atoms with van der Waals surface area (Å²) in [5.41, 5.74) is -0.267. The molecular formula is C16H13ClF3NOS. The van der Waals surface area contributed by atoms with Gasteiger partial charge in [-0.3, -0.25) is 4.79 Å². The minimum absolute atomic E-state index is 0.287. The van der Waals surface area contributed by atoms with Crippen LogP contribution in [0.1, 0.15) is 12.5 Å². The quantitative estimate of drug-likeness (QED) is 0.732. The number of carbonyl (C=O) groups is 1. The topological polar surface area (TPSA) is 29.1 Å². The molecule has 0 aliphatic rings. The van der Waals surface area contributed by atoms with E-state index < -0.39 is 17.0 Å². The van der Waals surface area contributed by atoms with Crippen LogP contribution >= 0.6 is 23.4 Å². The summed E-state index contributed by atoms with van der Waals surface area (Å²) in [6.45, 7) is 1.63. The third-order valence-corrected chi connectivity index (χ3v) is 4.39. The summed E-state index contributed by atoms with van der Waals surface area (Å²) in [6, 6.07) is 12.5. The Hall–Kier alpha value is -1.66. The second-order valence-electron chi connectivity index (χ2n) is 4.75. The average molecular weight is 360 g/mol. The highest BCUT2D eigenvalue weighted by molar-refractivity contribution is 8.00. The van der Waals surface area contributed by atoms with Gasteiger partial charge in [-0.15, -0.1) is 11.8 Å². The molecule has 0 heterocycles. The summed E-state index contributed by atoms with van der Waals surface area (Å²) < 4.78 is 38.5. The van der Waals surface area contributed by atoms with Crippen LogP contribution in [-0.2, 0) is 11.0 Å². The van der Waals surface area contributed by atoms with Crippen molar-refractivity contribution in [1.82, 2.24) is 0 Å². The number of para-hydroxylation sites is 1. The van der Waals surface area contributed by atoms with Crippen molar-refractivity contribution >= 4 is 35.0 Å². The number of thioether (sulfide) groups is 1. The number of amides is 1. The van der Waals surface area contributed by atoms with Gasteiger partial charge >= 0.3 is 6.18 Å². The molecule has 1 N–H and O–H groups in total. The summed E-state index contributed by atoms with van der Waals surface area (Å²) >= 11 is 6.62. The molecule has 0 aliphatic carbocycles. The van der Waals surface area contributed by atoms with Crippen molar-refractivity contribution < 1.29 is 18.0 Å². The van der Waals surface area contributed by atoms with E-state index >= 15 is 0 Å². The average Bonchev–Trinajstić information content (AvgIpc) is 2.49. The minimum Gasteiger partial charge on any atom is -0.325 e. The zero-order chi connectivity index (χ0) is 17.0. The smallest absolute Gasteiger partial charge is 0.325 e. The number of rotatable bonds is 4. The van der Waals surface area contributed by atoms with Crippen molar-refractivity contribution in [3.8, 4) is 0 Å². The standard InChI is InChI=1S/C16H13ClF3NOS/c1-10(15(22)21-11-5-3-2-4-6-11)23-12-7-8-14(17)13(9-12)16(18,19)20/h2-10H,1H3,(H,21,22)/t10-/m1/s1. The summed E-state index contributed by atoms with van der Waals surface area (Å²) in [4.78, 5) is 12.4. The minimum atomic E-state index is -4.52. The van der Waals surface area contributed by atoms with Crippen molar-refractivity contribution in [3.63, 3.8) is 0 Å². The fourth-order valence-electron chi connectivity index (χ4n) is 1.82. The maximum Gasteiger partial charge on any atom is 0.417 e. The second kappa shape index (κ2) is 7.27. The number of anilines is 1. The summed E-state index contributed by atoms with van der Waals surface area (Å²) in [5.74, 6) is -0.287. The van der Waals surface area contributed by atoms with Gasteiger partial charge in [0.25, 0.3) is 0 Å². The summed E-state index contributed by atoms with van der Waals surface area (Å²) in [5, 5.41) is 1.79. The molecule has 0 radical (unpaired) electrons. The van der Waals surface area contributed by atoms with Crippen molar-refractivity contribution in [2.24, 2.45) is 0 Å². The molecule has 2 rings (SSSR count). The van der Waals surface area contributed by atoms with E-state index in [-0.39, 0.29) is 10.9 Å². The maximum atomic E-state index is 12.8. The normalized spacial score (nSPS) is 12.7. The van der Waals surface area contributed by atoms with E-state index in [1.54, 1.807) is 31.2 Å². The first kappa shape index (κ1) is 17.7. The fraction of sp³-hybridized carbons (Fsp3) is 0.188. The van der Waals surface area contributed by atoms with Crippen LogP contribution in [0.25, 0.3) is 0 Å². The SMILES string of the molecule is C[C@@H](Sc1ccc(Cl)c(C(F)(F)F)c1)C(=O)Nc1ccccc1. The second-order valence-corrected chi connectivity index (χ2v) is 6.58. The van der Waals surface area contributed by atoms with Crippen LogP contribution in [0, 0.1) is 0 Å². The maximum absolute atomic E-state index is 12.8. The van der Waals surface area contributed by atoms with Gasteiger partial charge in [0.1, 0.15) is 0 Å². The Balaban J connectivity index is 2.08. The van der Waals surface area contributed by atoms with Crippen LogP contribution in [0.15, 0.2) is 53.4 Å². The molecule has 0 saturated carbocycles. The molecule has 0 aromatic heterocycles. The molecule has 7 heteroatoms. The van der Waals surface area contributed by atoms with Crippen molar-refractivity contribution in [2.75, 3.05) is 5.32 Å². The largest absolute Gasteiger partial charge is 0.417 e.